The van der Waals surface area contributed by atoms with Crippen molar-refractivity contribution in [1.82, 2.24) is 0 Å². The lowest BCUT2D eigenvalue weighted by Crippen LogP contribution is -2.16. The Hall–Kier alpha value is -3.40. The third kappa shape index (κ3) is 4.12. The Balaban J connectivity index is 1.79. The first-order chi connectivity index (χ1) is 12.1. The molecule has 1 amide bonds. The van der Waals surface area contributed by atoms with Crippen LogP contribution in [0.2, 0.25) is 0 Å². The molecule has 0 bridgehead atoms. The number of amides is 1. The average Bonchev–Trinajstić information content (AvgIpc) is 2.63. The van der Waals surface area contributed by atoms with Gasteiger partial charge in [-0.2, -0.15) is 0 Å². The highest BCUT2D eigenvalue weighted by atomic mass is 16.3. The van der Waals surface area contributed by atoms with Crippen LogP contribution in [0.15, 0.2) is 78.9 Å². The molecule has 0 unspecified atom stereocenters. The third-order valence-electron chi connectivity index (χ3n) is 3.83. The highest BCUT2D eigenvalue weighted by Gasteiger charge is 2.15. The molecule has 0 aromatic heterocycles. The highest BCUT2D eigenvalue weighted by molar-refractivity contribution is 6.07. The number of hydrogen-bond acceptors (Lipinski definition) is 3. The van der Waals surface area contributed by atoms with Crippen molar-refractivity contribution in [3.63, 3.8) is 0 Å². The number of ketones is 1. The van der Waals surface area contributed by atoms with E-state index in [0.717, 1.165) is 0 Å². The summed E-state index contributed by atoms with van der Waals surface area (Å²) < 4.78 is 0. The maximum absolute atomic E-state index is 12.5. The number of carbonyl (C=O) groups is 2. The van der Waals surface area contributed by atoms with Crippen LogP contribution in [0.5, 0.6) is 5.75 Å². The Morgan fingerprint density at radius 3 is 2.16 bits per heavy atom. The quantitative estimate of drug-likeness (QED) is 0.693. The zero-order valence-electron chi connectivity index (χ0n) is 13.5. The largest absolute Gasteiger partial charge is 0.508 e. The Labute approximate surface area is 145 Å². The Morgan fingerprint density at radius 2 is 1.44 bits per heavy atom. The fourth-order valence-electron chi connectivity index (χ4n) is 2.54. The first-order valence-electron chi connectivity index (χ1n) is 7.90. The molecule has 0 aliphatic rings. The lowest BCUT2D eigenvalue weighted by atomic mass is 9.98. The van der Waals surface area contributed by atoms with E-state index in [0.29, 0.717) is 22.4 Å². The first kappa shape index (κ1) is 16.5. The van der Waals surface area contributed by atoms with Gasteiger partial charge in [-0.15, -0.1) is 0 Å². The zero-order valence-corrected chi connectivity index (χ0v) is 13.5. The van der Waals surface area contributed by atoms with Crippen LogP contribution in [-0.2, 0) is 6.42 Å². The summed E-state index contributed by atoms with van der Waals surface area (Å²) in [6.45, 7) is 0. The molecule has 0 spiro atoms. The average molecular weight is 331 g/mol. The molecule has 0 saturated heterocycles. The topological polar surface area (TPSA) is 66.4 Å². The van der Waals surface area contributed by atoms with Crippen LogP contribution < -0.4 is 5.32 Å². The van der Waals surface area contributed by atoms with Crippen molar-refractivity contribution in [2.45, 2.75) is 6.42 Å². The maximum atomic E-state index is 12.5. The number of phenolic OH excluding ortho intramolecular Hbond substituents is 1. The van der Waals surface area contributed by atoms with Crippen LogP contribution in [0.3, 0.4) is 0 Å². The lowest BCUT2D eigenvalue weighted by molar-refractivity contribution is 0.0992. The number of anilines is 1. The molecule has 124 valence electrons. The van der Waals surface area contributed by atoms with Gasteiger partial charge in [0, 0.05) is 23.2 Å². The molecule has 4 heteroatoms. The lowest BCUT2D eigenvalue weighted by Gasteiger charge is -2.10. The van der Waals surface area contributed by atoms with Crippen LogP contribution in [0.1, 0.15) is 26.3 Å². The summed E-state index contributed by atoms with van der Waals surface area (Å²) in [5.41, 5.74) is 2.33. The van der Waals surface area contributed by atoms with Crippen molar-refractivity contribution in [2.24, 2.45) is 0 Å². The van der Waals surface area contributed by atoms with E-state index in [1.165, 1.54) is 12.1 Å². The van der Waals surface area contributed by atoms with Gasteiger partial charge in [-0.1, -0.05) is 36.4 Å². The fourth-order valence-corrected chi connectivity index (χ4v) is 2.54. The molecule has 0 aliphatic carbocycles. The van der Waals surface area contributed by atoms with E-state index in [1.54, 1.807) is 36.4 Å². The minimum atomic E-state index is -0.250. The molecule has 0 atom stereocenters. The van der Waals surface area contributed by atoms with Gasteiger partial charge in [-0.25, -0.2) is 0 Å². The van der Waals surface area contributed by atoms with E-state index < -0.39 is 0 Å². The molecule has 2 N–H and O–H groups in total. The van der Waals surface area contributed by atoms with E-state index in [2.05, 4.69) is 5.32 Å². The molecular formula is C21H17NO3. The maximum Gasteiger partial charge on any atom is 0.255 e. The van der Waals surface area contributed by atoms with Gasteiger partial charge in [-0.05, 0) is 48.0 Å². The summed E-state index contributed by atoms with van der Waals surface area (Å²) in [6.07, 6.45) is 0.114. The van der Waals surface area contributed by atoms with Crippen molar-refractivity contribution in [1.29, 1.82) is 0 Å². The SMILES string of the molecule is O=C(Cc1ccccc1C(=O)Nc1ccccc1)c1ccc(O)cc1. The summed E-state index contributed by atoms with van der Waals surface area (Å²) in [5.74, 6) is -0.251. The van der Waals surface area contributed by atoms with Gasteiger partial charge >= 0.3 is 0 Å². The van der Waals surface area contributed by atoms with Crippen LogP contribution in [-0.4, -0.2) is 16.8 Å². The van der Waals surface area contributed by atoms with Gasteiger partial charge in [0.1, 0.15) is 5.75 Å². The Morgan fingerprint density at radius 1 is 0.800 bits per heavy atom. The van der Waals surface area contributed by atoms with Crippen molar-refractivity contribution < 1.29 is 14.7 Å². The number of Topliss-reactive ketones (excluding diaryl/α,β-unsaturated/α-hetero) is 1. The number of nitrogens with one attached hydrogen (secondary N) is 1. The van der Waals surface area contributed by atoms with Gasteiger partial charge in [0.05, 0.1) is 0 Å². The van der Waals surface area contributed by atoms with Crippen LogP contribution in [0.25, 0.3) is 0 Å². The molecule has 4 nitrogen and oxygen atoms in total. The first-order valence-corrected chi connectivity index (χ1v) is 7.90. The number of carbonyl (C=O) groups excluding carboxylic acids is 2. The summed E-state index contributed by atoms with van der Waals surface area (Å²) in [7, 11) is 0. The minimum Gasteiger partial charge on any atom is -0.508 e. The summed E-state index contributed by atoms with van der Waals surface area (Å²) in [5, 5.41) is 12.2. The highest BCUT2D eigenvalue weighted by Crippen LogP contribution is 2.17. The van der Waals surface area contributed by atoms with Crippen LogP contribution in [0, 0.1) is 0 Å². The second kappa shape index (κ2) is 7.45. The van der Waals surface area contributed by atoms with E-state index in [1.807, 2.05) is 30.3 Å². The number of aromatic hydroxyl groups is 1. The molecule has 0 heterocycles. The smallest absolute Gasteiger partial charge is 0.255 e. The molecule has 3 rings (SSSR count). The second-order valence-electron chi connectivity index (χ2n) is 5.62. The van der Waals surface area contributed by atoms with Gasteiger partial charge in [0.25, 0.3) is 5.91 Å². The molecule has 0 radical (unpaired) electrons. The summed E-state index contributed by atoms with van der Waals surface area (Å²) in [6, 6.07) is 22.3. The monoisotopic (exact) mass is 331 g/mol. The molecule has 3 aromatic rings. The third-order valence-corrected chi connectivity index (χ3v) is 3.83. The normalized spacial score (nSPS) is 10.2. The number of benzene rings is 3. The molecule has 25 heavy (non-hydrogen) atoms. The number of phenols is 1. The van der Waals surface area contributed by atoms with Gasteiger partial charge in [-0.3, -0.25) is 9.59 Å². The number of hydrogen-bond donors (Lipinski definition) is 2. The molecule has 0 saturated carbocycles. The van der Waals surface area contributed by atoms with Gasteiger partial charge < -0.3 is 10.4 Å². The van der Waals surface area contributed by atoms with Crippen LogP contribution >= 0.6 is 0 Å². The zero-order chi connectivity index (χ0) is 17.6. The standard InChI is InChI=1S/C21H17NO3/c23-18-12-10-15(11-13-18)20(24)14-16-6-4-5-9-19(16)21(25)22-17-7-2-1-3-8-17/h1-13,23H,14H2,(H,22,25). The van der Waals surface area contributed by atoms with Crippen molar-refractivity contribution in [3.05, 3.63) is 95.6 Å². The predicted molar refractivity (Wildman–Crippen MR) is 97.0 cm³/mol. The van der Waals surface area contributed by atoms with Gasteiger partial charge in [0.15, 0.2) is 5.78 Å². The molecule has 0 fully saturated rings. The van der Waals surface area contributed by atoms with Crippen molar-refractivity contribution in [2.75, 3.05) is 5.32 Å². The number of para-hydroxylation sites is 1. The second-order valence-corrected chi connectivity index (χ2v) is 5.62. The fraction of sp³-hybridized carbons (Fsp3) is 0.0476. The van der Waals surface area contributed by atoms with E-state index in [9.17, 15) is 14.7 Å². The van der Waals surface area contributed by atoms with E-state index in [-0.39, 0.29) is 23.9 Å². The number of rotatable bonds is 5. The Kier molecular flexibility index (Phi) is 4.90. The molecule has 3 aromatic carbocycles. The minimum absolute atomic E-state index is 0.110. The summed E-state index contributed by atoms with van der Waals surface area (Å²) in [4.78, 5) is 25.0. The predicted octanol–water partition coefficient (Wildman–Crippen LogP) is 4.07. The van der Waals surface area contributed by atoms with Crippen molar-refractivity contribution >= 4 is 17.4 Å². The van der Waals surface area contributed by atoms with Gasteiger partial charge in [0.2, 0.25) is 0 Å². The van der Waals surface area contributed by atoms with E-state index >= 15 is 0 Å². The Bertz CT molecular complexity index is 887. The van der Waals surface area contributed by atoms with E-state index in [4.69, 9.17) is 0 Å². The molecule has 0 aliphatic heterocycles. The summed E-state index contributed by atoms with van der Waals surface area (Å²) >= 11 is 0. The molecular weight excluding hydrogens is 314 g/mol. The van der Waals surface area contributed by atoms with Crippen molar-refractivity contribution in [3.8, 4) is 5.75 Å². The van der Waals surface area contributed by atoms with Crippen LogP contribution in [0.4, 0.5) is 5.69 Å².